The fourth-order valence-electron chi connectivity index (χ4n) is 2.05. The number of hydrogen-bond acceptors (Lipinski definition) is 4. The zero-order chi connectivity index (χ0) is 11.4. The van der Waals surface area contributed by atoms with Gasteiger partial charge >= 0.3 is 11.8 Å². The number of carbonyl (C=O) groups is 2. The molecule has 2 saturated heterocycles. The van der Waals surface area contributed by atoms with Crippen LogP contribution in [0.1, 0.15) is 25.7 Å². The normalized spacial score (nSPS) is 22.2. The van der Waals surface area contributed by atoms with Crippen LogP contribution in [0.5, 0.6) is 0 Å². The summed E-state index contributed by atoms with van der Waals surface area (Å²) < 4.78 is 0. The van der Waals surface area contributed by atoms with E-state index < -0.39 is 11.8 Å². The molecule has 0 unspecified atom stereocenters. The van der Waals surface area contributed by atoms with Gasteiger partial charge in [-0.15, -0.1) is 0 Å². The summed E-state index contributed by atoms with van der Waals surface area (Å²) in [7, 11) is 0. The minimum absolute atomic E-state index is 0.561. The monoisotopic (exact) mass is 226 g/mol. The second-order valence-electron chi connectivity index (χ2n) is 4.27. The molecule has 2 amide bonds. The van der Waals surface area contributed by atoms with E-state index in [1.165, 1.54) is 0 Å². The van der Waals surface area contributed by atoms with Crippen molar-refractivity contribution in [3.05, 3.63) is 0 Å². The van der Waals surface area contributed by atoms with Gasteiger partial charge in [-0.05, 0) is 25.7 Å². The molecule has 2 N–H and O–H groups in total. The number of rotatable bonds is 2. The zero-order valence-electron chi connectivity index (χ0n) is 9.37. The summed E-state index contributed by atoms with van der Waals surface area (Å²) in [5.41, 5.74) is 5.22. The molecule has 0 aromatic heterocycles. The Morgan fingerprint density at radius 1 is 0.688 bits per heavy atom. The Bertz CT molecular complexity index is 242. The van der Waals surface area contributed by atoms with E-state index in [1.54, 1.807) is 10.0 Å². The van der Waals surface area contributed by atoms with Gasteiger partial charge in [-0.3, -0.25) is 20.4 Å². The molecule has 2 heterocycles. The first-order valence-electron chi connectivity index (χ1n) is 5.87. The minimum Gasteiger partial charge on any atom is -0.280 e. The molecule has 0 aromatic carbocycles. The minimum atomic E-state index is -0.561. The molecule has 0 bridgehead atoms. The highest BCUT2D eigenvalue weighted by molar-refractivity contribution is 6.34. The largest absolute Gasteiger partial charge is 0.324 e. The van der Waals surface area contributed by atoms with Crippen molar-refractivity contribution in [3.8, 4) is 0 Å². The highest BCUT2D eigenvalue weighted by Gasteiger charge is 2.22. The van der Waals surface area contributed by atoms with Crippen molar-refractivity contribution in [1.82, 2.24) is 20.9 Å². The highest BCUT2D eigenvalue weighted by atomic mass is 16.2. The van der Waals surface area contributed by atoms with Gasteiger partial charge in [0, 0.05) is 26.2 Å². The van der Waals surface area contributed by atoms with Gasteiger partial charge in [0.05, 0.1) is 0 Å². The Hall–Kier alpha value is -1.14. The summed E-state index contributed by atoms with van der Waals surface area (Å²) in [6, 6.07) is 0. The third-order valence-corrected chi connectivity index (χ3v) is 2.94. The molecule has 2 aliphatic heterocycles. The molecule has 0 aromatic rings. The van der Waals surface area contributed by atoms with Crippen molar-refractivity contribution in [2.75, 3.05) is 26.2 Å². The van der Waals surface area contributed by atoms with E-state index in [-0.39, 0.29) is 0 Å². The maximum Gasteiger partial charge on any atom is 0.324 e. The molecule has 2 aliphatic rings. The van der Waals surface area contributed by atoms with E-state index in [1.807, 2.05) is 0 Å². The summed E-state index contributed by atoms with van der Waals surface area (Å²) >= 11 is 0. The number of hydrogen-bond donors (Lipinski definition) is 2. The standard InChI is InChI=1S/C10H18N4O2/c15-9(11-13-5-1-2-6-13)10(16)12-14-7-3-4-8-14/h1-8H2,(H,11,15)(H,12,16). The van der Waals surface area contributed by atoms with E-state index in [2.05, 4.69) is 10.9 Å². The number of carbonyl (C=O) groups excluding carboxylic acids is 2. The second-order valence-corrected chi connectivity index (χ2v) is 4.27. The Morgan fingerprint density at radius 2 is 1.00 bits per heavy atom. The van der Waals surface area contributed by atoms with Crippen LogP contribution in [0.25, 0.3) is 0 Å². The lowest BCUT2D eigenvalue weighted by Gasteiger charge is -2.18. The van der Waals surface area contributed by atoms with Crippen LogP contribution in [0.15, 0.2) is 0 Å². The maximum atomic E-state index is 11.5. The molecular formula is C10H18N4O2. The summed E-state index contributed by atoms with van der Waals surface area (Å²) in [6.45, 7) is 3.34. The summed E-state index contributed by atoms with van der Waals surface area (Å²) in [5.74, 6) is -1.12. The van der Waals surface area contributed by atoms with E-state index >= 15 is 0 Å². The third-order valence-electron chi connectivity index (χ3n) is 2.94. The third kappa shape index (κ3) is 2.93. The summed E-state index contributed by atoms with van der Waals surface area (Å²) in [4.78, 5) is 23.0. The lowest BCUT2D eigenvalue weighted by Crippen LogP contribution is -2.51. The first kappa shape index (κ1) is 11.3. The quantitative estimate of drug-likeness (QED) is 0.608. The number of amides is 2. The Balaban J connectivity index is 1.72. The summed E-state index contributed by atoms with van der Waals surface area (Å²) in [6.07, 6.45) is 4.31. The van der Waals surface area contributed by atoms with Crippen LogP contribution < -0.4 is 10.9 Å². The van der Waals surface area contributed by atoms with Gasteiger partial charge in [-0.2, -0.15) is 0 Å². The molecule has 90 valence electrons. The molecule has 0 saturated carbocycles. The zero-order valence-corrected chi connectivity index (χ0v) is 9.37. The fourth-order valence-corrected chi connectivity index (χ4v) is 2.05. The molecule has 16 heavy (non-hydrogen) atoms. The van der Waals surface area contributed by atoms with Crippen molar-refractivity contribution in [3.63, 3.8) is 0 Å². The smallest absolute Gasteiger partial charge is 0.280 e. The second kappa shape index (κ2) is 5.27. The molecule has 0 spiro atoms. The fraction of sp³-hybridized carbons (Fsp3) is 0.800. The lowest BCUT2D eigenvalue weighted by atomic mass is 10.4. The van der Waals surface area contributed by atoms with Crippen molar-refractivity contribution >= 4 is 11.8 Å². The van der Waals surface area contributed by atoms with Gasteiger partial charge in [-0.25, -0.2) is 10.0 Å². The first-order chi connectivity index (χ1) is 7.75. The predicted molar refractivity (Wildman–Crippen MR) is 57.9 cm³/mol. The maximum absolute atomic E-state index is 11.5. The predicted octanol–water partition coefficient (Wildman–Crippen LogP) is -0.760. The van der Waals surface area contributed by atoms with Gasteiger partial charge in [-0.1, -0.05) is 0 Å². The van der Waals surface area contributed by atoms with Gasteiger partial charge in [0.25, 0.3) is 0 Å². The van der Waals surface area contributed by atoms with Gasteiger partial charge in [0.2, 0.25) is 0 Å². The molecular weight excluding hydrogens is 208 g/mol. The van der Waals surface area contributed by atoms with Crippen LogP contribution in [-0.2, 0) is 9.59 Å². The van der Waals surface area contributed by atoms with E-state index in [0.29, 0.717) is 0 Å². The molecule has 0 radical (unpaired) electrons. The average molecular weight is 226 g/mol. The van der Waals surface area contributed by atoms with Crippen molar-refractivity contribution in [1.29, 1.82) is 0 Å². The Kier molecular flexibility index (Phi) is 3.74. The van der Waals surface area contributed by atoms with Crippen molar-refractivity contribution in [2.45, 2.75) is 25.7 Å². The lowest BCUT2D eigenvalue weighted by molar-refractivity contribution is -0.144. The van der Waals surface area contributed by atoms with Crippen LogP contribution in [0.4, 0.5) is 0 Å². The van der Waals surface area contributed by atoms with Crippen molar-refractivity contribution in [2.24, 2.45) is 0 Å². The molecule has 0 atom stereocenters. The molecule has 2 fully saturated rings. The number of hydrazine groups is 2. The van der Waals surface area contributed by atoms with Gasteiger partial charge in [0.15, 0.2) is 0 Å². The molecule has 6 heteroatoms. The van der Waals surface area contributed by atoms with Crippen LogP contribution in [0.3, 0.4) is 0 Å². The average Bonchev–Trinajstić information content (AvgIpc) is 2.90. The van der Waals surface area contributed by atoms with E-state index in [9.17, 15) is 9.59 Å². The van der Waals surface area contributed by atoms with Crippen LogP contribution in [0.2, 0.25) is 0 Å². The number of nitrogens with zero attached hydrogens (tertiary/aromatic N) is 2. The molecule has 0 aliphatic carbocycles. The van der Waals surface area contributed by atoms with Gasteiger partial charge < -0.3 is 0 Å². The molecule has 6 nitrogen and oxygen atoms in total. The Morgan fingerprint density at radius 3 is 1.31 bits per heavy atom. The van der Waals surface area contributed by atoms with Crippen LogP contribution in [0, 0.1) is 0 Å². The van der Waals surface area contributed by atoms with Crippen molar-refractivity contribution < 1.29 is 9.59 Å². The van der Waals surface area contributed by atoms with Gasteiger partial charge in [0.1, 0.15) is 0 Å². The number of nitrogens with one attached hydrogen (secondary N) is 2. The first-order valence-corrected chi connectivity index (χ1v) is 5.87. The summed E-state index contributed by atoms with van der Waals surface area (Å²) in [5, 5.41) is 3.60. The Labute approximate surface area is 94.9 Å². The topological polar surface area (TPSA) is 64.7 Å². The van der Waals surface area contributed by atoms with E-state index in [4.69, 9.17) is 0 Å². The van der Waals surface area contributed by atoms with E-state index in [0.717, 1.165) is 51.9 Å². The highest BCUT2D eigenvalue weighted by Crippen LogP contribution is 2.04. The van der Waals surface area contributed by atoms with Crippen LogP contribution in [-0.4, -0.2) is 48.0 Å². The SMILES string of the molecule is O=C(NN1CCCC1)C(=O)NN1CCCC1. The molecule has 2 rings (SSSR count). The van der Waals surface area contributed by atoms with Crippen LogP contribution >= 0.6 is 0 Å².